The monoisotopic (exact) mass is 345 g/mol. The Morgan fingerprint density at radius 1 is 1.46 bits per heavy atom. The fourth-order valence-electron chi connectivity index (χ4n) is 2.70. The summed E-state index contributed by atoms with van der Waals surface area (Å²) in [5.74, 6) is 1.60. The van der Waals surface area contributed by atoms with Gasteiger partial charge in [0.2, 0.25) is 0 Å². The Kier molecular flexibility index (Phi) is 5.40. The minimum absolute atomic E-state index is 0.0205. The summed E-state index contributed by atoms with van der Waals surface area (Å²) in [6.07, 6.45) is 3.17. The van der Waals surface area contributed by atoms with Crippen molar-refractivity contribution in [2.75, 3.05) is 18.8 Å². The van der Waals surface area contributed by atoms with Gasteiger partial charge in [0.1, 0.15) is 12.7 Å². The van der Waals surface area contributed by atoms with Crippen molar-refractivity contribution in [3.05, 3.63) is 42.5 Å². The molecule has 1 aromatic heterocycles. The fourth-order valence-corrected chi connectivity index (χ4v) is 4.00. The highest BCUT2D eigenvalue weighted by Crippen LogP contribution is 2.24. The minimum Gasteiger partial charge on any atom is -0.334 e. The molecule has 2 amide bonds. The van der Waals surface area contributed by atoms with Crippen LogP contribution in [0.1, 0.15) is 19.4 Å². The Bertz CT molecular complexity index is 673. The lowest BCUT2D eigenvalue weighted by molar-refractivity contribution is 0.196. The van der Waals surface area contributed by atoms with Crippen LogP contribution in [-0.4, -0.2) is 49.8 Å². The lowest BCUT2D eigenvalue weighted by atomic mass is 10.1. The molecule has 24 heavy (non-hydrogen) atoms. The molecule has 3 rings (SSSR count). The van der Waals surface area contributed by atoms with Gasteiger partial charge in [0, 0.05) is 30.6 Å². The third-order valence-corrected chi connectivity index (χ3v) is 5.70. The summed E-state index contributed by atoms with van der Waals surface area (Å²) in [4.78, 5) is 18.3. The normalized spacial score (nSPS) is 18.0. The van der Waals surface area contributed by atoms with Gasteiger partial charge in [-0.1, -0.05) is 26.0 Å². The van der Waals surface area contributed by atoms with Crippen molar-refractivity contribution in [2.45, 2.75) is 25.6 Å². The van der Waals surface area contributed by atoms with E-state index >= 15 is 0 Å². The Labute approximate surface area is 146 Å². The molecule has 0 saturated carbocycles. The second kappa shape index (κ2) is 7.70. The topological polar surface area (TPSA) is 63.1 Å². The molecular weight excluding hydrogens is 322 g/mol. The van der Waals surface area contributed by atoms with E-state index in [0.717, 1.165) is 30.1 Å². The van der Waals surface area contributed by atoms with E-state index in [1.165, 1.54) is 6.33 Å². The van der Waals surface area contributed by atoms with Gasteiger partial charge in [-0.15, -0.1) is 0 Å². The lowest BCUT2D eigenvalue weighted by Crippen LogP contribution is -2.47. The number of thioether (sulfide) groups is 1. The summed E-state index contributed by atoms with van der Waals surface area (Å²) in [6.45, 7) is 6.59. The van der Waals surface area contributed by atoms with Crippen LogP contribution in [0.2, 0.25) is 0 Å². The van der Waals surface area contributed by atoms with Gasteiger partial charge in [-0.2, -0.15) is 16.9 Å². The molecule has 2 aromatic rings. The zero-order chi connectivity index (χ0) is 16.9. The van der Waals surface area contributed by atoms with Gasteiger partial charge in [-0.05, 0) is 23.6 Å². The molecule has 1 aromatic carbocycles. The van der Waals surface area contributed by atoms with Crippen LogP contribution in [0.15, 0.2) is 36.9 Å². The van der Waals surface area contributed by atoms with Crippen molar-refractivity contribution in [3.63, 3.8) is 0 Å². The van der Waals surface area contributed by atoms with Crippen molar-refractivity contribution in [2.24, 2.45) is 5.92 Å². The third-order valence-electron chi connectivity index (χ3n) is 4.16. The first-order valence-corrected chi connectivity index (χ1v) is 9.26. The zero-order valence-electron chi connectivity index (χ0n) is 14.1. The maximum atomic E-state index is 12.4. The number of urea groups is 1. The van der Waals surface area contributed by atoms with E-state index in [4.69, 9.17) is 0 Å². The van der Waals surface area contributed by atoms with Crippen LogP contribution in [0.25, 0.3) is 5.69 Å². The van der Waals surface area contributed by atoms with Gasteiger partial charge in [-0.3, -0.25) is 0 Å². The average Bonchev–Trinajstić information content (AvgIpc) is 3.15. The van der Waals surface area contributed by atoms with Gasteiger partial charge in [0.05, 0.1) is 5.69 Å². The van der Waals surface area contributed by atoms with Crippen LogP contribution in [0, 0.1) is 5.92 Å². The highest BCUT2D eigenvalue weighted by Gasteiger charge is 2.25. The standard InChI is InChI=1S/C17H23N5OS/c1-13(2)16-10-21(6-7-24-16)17(23)19-9-14-4-3-5-15(8-14)22-12-18-11-20-22/h3-5,8,11-13,16H,6-7,9-10H2,1-2H3,(H,19,23). The van der Waals surface area contributed by atoms with E-state index in [2.05, 4.69) is 29.2 Å². The van der Waals surface area contributed by atoms with E-state index in [1.54, 1.807) is 11.0 Å². The molecule has 6 nitrogen and oxygen atoms in total. The SMILES string of the molecule is CC(C)C1CN(C(=O)NCc2cccc(-n3cncn3)c2)CCS1. The Morgan fingerprint density at radius 3 is 3.08 bits per heavy atom. The van der Waals surface area contributed by atoms with Crippen LogP contribution in [-0.2, 0) is 6.54 Å². The molecular formula is C17H23N5OS. The molecule has 2 heterocycles. The van der Waals surface area contributed by atoms with E-state index in [-0.39, 0.29) is 6.03 Å². The predicted molar refractivity (Wildman–Crippen MR) is 96.3 cm³/mol. The van der Waals surface area contributed by atoms with E-state index in [1.807, 2.05) is 40.9 Å². The summed E-state index contributed by atoms with van der Waals surface area (Å²) in [5, 5.41) is 7.69. The molecule has 1 atom stereocenters. The summed E-state index contributed by atoms with van der Waals surface area (Å²) in [7, 11) is 0. The molecule has 7 heteroatoms. The van der Waals surface area contributed by atoms with Crippen molar-refractivity contribution in [3.8, 4) is 5.69 Å². The fraction of sp³-hybridized carbons (Fsp3) is 0.471. The molecule has 1 N–H and O–H groups in total. The molecule has 0 radical (unpaired) electrons. The number of carbonyl (C=O) groups excluding carboxylic acids is 1. The first kappa shape index (κ1) is 16.8. The number of amides is 2. The smallest absolute Gasteiger partial charge is 0.317 e. The van der Waals surface area contributed by atoms with Gasteiger partial charge >= 0.3 is 6.03 Å². The second-order valence-electron chi connectivity index (χ2n) is 6.27. The summed E-state index contributed by atoms with van der Waals surface area (Å²) in [5.41, 5.74) is 1.98. The molecule has 0 spiro atoms. The number of nitrogens with one attached hydrogen (secondary N) is 1. The number of hydrogen-bond donors (Lipinski definition) is 1. The minimum atomic E-state index is 0.0205. The molecule has 1 fully saturated rings. The van der Waals surface area contributed by atoms with E-state index in [9.17, 15) is 4.79 Å². The summed E-state index contributed by atoms with van der Waals surface area (Å²) >= 11 is 1.97. The maximum absolute atomic E-state index is 12.4. The van der Waals surface area contributed by atoms with E-state index in [0.29, 0.717) is 17.7 Å². The van der Waals surface area contributed by atoms with E-state index < -0.39 is 0 Å². The van der Waals surface area contributed by atoms with Crippen LogP contribution < -0.4 is 5.32 Å². The predicted octanol–water partition coefficient (Wildman–Crippen LogP) is 2.55. The molecule has 0 aliphatic carbocycles. The largest absolute Gasteiger partial charge is 0.334 e. The Balaban J connectivity index is 1.57. The van der Waals surface area contributed by atoms with Gasteiger partial charge in [0.15, 0.2) is 0 Å². The highest BCUT2D eigenvalue weighted by molar-refractivity contribution is 8.00. The number of carbonyl (C=O) groups is 1. The molecule has 0 bridgehead atoms. The van der Waals surface area contributed by atoms with Crippen molar-refractivity contribution in [1.29, 1.82) is 0 Å². The quantitative estimate of drug-likeness (QED) is 0.925. The molecule has 1 aliphatic rings. The van der Waals surface area contributed by atoms with Crippen LogP contribution in [0.4, 0.5) is 4.79 Å². The molecule has 1 unspecified atom stereocenters. The second-order valence-corrected chi connectivity index (χ2v) is 7.62. The lowest BCUT2D eigenvalue weighted by Gasteiger charge is -2.34. The zero-order valence-corrected chi connectivity index (χ0v) is 14.9. The molecule has 128 valence electrons. The van der Waals surface area contributed by atoms with Crippen molar-refractivity contribution < 1.29 is 4.79 Å². The Hall–Kier alpha value is -2.02. The third kappa shape index (κ3) is 4.08. The van der Waals surface area contributed by atoms with Gasteiger partial charge < -0.3 is 10.2 Å². The van der Waals surface area contributed by atoms with Crippen LogP contribution in [0.5, 0.6) is 0 Å². The number of nitrogens with zero attached hydrogens (tertiary/aromatic N) is 4. The van der Waals surface area contributed by atoms with Gasteiger partial charge in [-0.25, -0.2) is 14.5 Å². The number of hydrogen-bond acceptors (Lipinski definition) is 4. The summed E-state index contributed by atoms with van der Waals surface area (Å²) in [6, 6.07) is 7.97. The molecule has 1 saturated heterocycles. The van der Waals surface area contributed by atoms with Crippen molar-refractivity contribution in [1.82, 2.24) is 25.0 Å². The van der Waals surface area contributed by atoms with Crippen molar-refractivity contribution >= 4 is 17.8 Å². The average molecular weight is 345 g/mol. The molecule has 1 aliphatic heterocycles. The van der Waals surface area contributed by atoms with Gasteiger partial charge in [0.25, 0.3) is 0 Å². The summed E-state index contributed by atoms with van der Waals surface area (Å²) < 4.78 is 1.71. The number of benzene rings is 1. The number of rotatable bonds is 4. The highest BCUT2D eigenvalue weighted by atomic mass is 32.2. The number of aromatic nitrogens is 3. The van der Waals surface area contributed by atoms with Crippen LogP contribution >= 0.6 is 11.8 Å². The maximum Gasteiger partial charge on any atom is 0.317 e. The van der Waals surface area contributed by atoms with Crippen LogP contribution in [0.3, 0.4) is 0 Å². The first-order chi connectivity index (χ1) is 11.6. The first-order valence-electron chi connectivity index (χ1n) is 8.22. The Morgan fingerprint density at radius 2 is 2.33 bits per heavy atom.